The molecule has 0 aliphatic carbocycles. The second-order valence-corrected chi connectivity index (χ2v) is 5.55. The van der Waals surface area contributed by atoms with Crippen LogP contribution in [0, 0.1) is 0 Å². The molecule has 1 aromatic carbocycles. The fraction of sp³-hybridized carbons (Fsp3) is 0.500. The van der Waals surface area contributed by atoms with Crippen molar-refractivity contribution in [2.45, 2.75) is 52.4 Å². The van der Waals surface area contributed by atoms with Gasteiger partial charge in [0.1, 0.15) is 0 Å². The molecule has 1 aromatic heterocycles. The fourth-order valence-corrected chi connectivity index (χ4v) is 2.30. The number of hydrogen-bond donors (Lipinski definition) is 0. The van der Waals surface area contributed by atoms with Gasteiger partial charge in [-0.1, -0.05) is 63.4 Å². The second kappa shape index (κ2) is 9.08. The number of carbonyl (C=O) groups excluding carboxylic acids is 1. The molecule has 0 saturated carbocycles. The van der Waals surface area contributed by atoms with Crippen LogP contribution in [0.2, 0.25) is 0 Å². The molecule has 0 N–H and O–H groups in total. The van der Waals surface area contributed by atoms with Gasteiger partial charge in [-0.15, -0.1) is 5.10 Å². The third-order valence-corrected chi connectivity index (χ3v) is 3.54. The zero-order valence-corrected chi connectivity index (χ0v) is 14.0. The Kier molecular flexibility index (Phi) is 6.78. The average molecular weight is 315 g/mol. The van der Waals surface area contributed by atoms with Gasteiger partial charge >= 0.3 is 6.01 Å². The van der Waals surface area contributed by atoms with Crippen molar-refractivity contribution in [3.05, 3.63) is 30.3 Å². The molecular weight excluding hydrogens is 290 g/mol. The average Bonchev–Trinajstić information content (AvgIpc) is 3.02. The van der Waals surface area contributed by atoms with E-state index in [4.69, 9.17) is 4.74 Å². The number of carbonyl (C=O) groups is 1. The monoisotopic (exact) mass is 315 g/mol. The van der Waals surface area contributed by atoms with E-state index in [0.717, 1.165) is 37.7 Å². The van der Waals surface area contributed by atoms with Gasteiger partial charge in [0.2, 0.25) is 5.91 Å². The molecule has 23 heavy (non-hydrogen) atoms. The van der Waals surface area contributed by atoms with Gasteiger partial charge in [0.05, 0.1) is 6.61 Å². The largest absolute Gasteiger partial charge is 0.462 e. The minimum atomic E-state index is -0.0289. The first-order valence-electron chi connectivity index (χ1n) is 8.44. The van der Waals surface area contributed by atoms with Crippen molar-refractivity contribution in [3.8, 4) is 17.4 Å². The van der Waals surface area contributed by atoms with Gasteiger partial charge in [-0.3, -0.25) is 4.79 Å². The van der Waals surface area contributed by atoms with E-state index in [1.165, 1.54) is 4.68 Å². The second-order valence-electron chi connectivity index (χ2n) is 5.55. The predicted octanol–water partition coefficient (Wildman–Crippen LogP) is 4.34. The third kappa shape index (κ3) is 4.91. The van der Waals surface area contributed by atoms with Crippen molar-refractivity contribution >= 4 is 5.91 Å². The summed E-state index contributed by atoms with van der Waals surface area (Å²) in [5.74, 6) is 0.524. The van der Waals surface area contributed by atoms with Crippen molar-refractivity contribution in [1.29, 1.82) is 0 Å². The fourth-order valence-electron chi connectivity index (χ4n) is 2.30. The number of benzene rings is 1. The molecule has 0 radical (unpaired) electrons. The number of aromatic nitrogens is 3. The quantitative estimate of drug-likeness (QED) is 0.646. The first kappa shape index (κ1) is 17.2. The summed E-state index contributed by atoms with van der Waals surface area (Å²) in [6.45, 7) is 4.72. The number of hydrogen-bond acceptors (Lipinski definition) is 4. The van der Waals surface area contributed by atoms with E-state index in [2.05, 4.69) is 17.0 Å². The van der Waals surface area contributed by atoms with E-state index in [0.29, 0.717) is 18.9 Å². The van der Waals surface area contributed by atoms with Crippen LogP contribution in [0.4, 0.5) is 0 Å². The van der Waals surface area contributed by atoms with Crippen molar-refractivity contribution < 1.29 is 9.53 Å². The molecule has 2 rings (SSSR count). The zero-order chi connectivity index (χ0) is 16.5. The zero-order valence-electron chi connectivity index (χ0n) is 14.0. The molecule has 0 saturated heterocycles. The van der Waals surface area contributed by atoms with Crippen LogP contribution in [-0.2, 0) is 0 Å². The Morgan fingerprint density at radius 1 is 1.09 bits per heavy atom. The molecule has 2 aromatic rings. The van der Waals surface area contributed by atoms with Gasteiger partial charge in [-0.05, 0) is 12.8 Å². The molecule has 5 nitrogen and oxygen atoms in total. The molecule has 0 unspecified atom stereocenters. The summed E-state index contributed by atoms with van der Waals surface area (Å²) < 4.78 is 6.89. The van der Waals surface area contributed by atoms with E-state index in [9.17, 15) is 4.79 Å². The van der Waals surface area contributed by atoms with Crippen molar-refractivity contribution in [1.82, 2.24) is 14.8 Å². The van der Waals surface area contributed by atoms with Crippen LogP contribution in [0.5, 0.6) is 6.01 Å². The minimum absolute atomic E-state index is 0.0289. The maximum atomic E-state index is 12.5. The third-order valence-electron chi connectivity index (χ3n) is 3.54. The van der Waals surface area contributed by atoms with E-state index in [1.54, 1.807) is 0 Å². The highest BCUT2D eigenvalue weighted by atomic mass is 16.5. The van der Waals surface area contributed by atoms with Gasteiger partial charge in [0.25, 0.3) is 0 Å². The van der Waals surface area contributed by atoms with E-state index in [1.807, 2.05) is 37.3 Å². The lowest BCUT2D eigenvalue weighted by molar-refractivity contribution is 0.0883. The van der Waals surface area contributed by atoms with Crippen molar-refractivity contribution in [3.63, 3.8) is 0 Å². The van der Waals surface area contributed by atoms with Gasteiger partial charge in [-0.2, -0.15) is 9.67 Å². The van der Waals surface area contributed by atoms with Gasteiger partial charge in [0, 0.05) is 12.0 Å². The minimum Gasteiger partial charge on any atom is -0.462 e. The molecule has 5 heteroatoms. The number of rotatable bonds is 9. The van der Waals surface area contributed by atoms with E-state index >= 15 is 0 Å². The number of nitrogens with zero attached hydrogens (tertiary/aromatic N) is 3. The van der Waals surface area contributed by atoms with Crippen molar-refractivity contribution in [2.75, 3.05) is 6.61 Å². The standard InChI is InChI=1S/C18H25N3O2/c1-3-5-6-10-13-16(22)21-17(15-11-8-7-9-12-15)19-18(20-21)23-14-4-2/h7-9,11-12H,3-6,10,13-14H2,1-2H3. The normalized spacial score (nSPS) is 10.7. The summed E-state index contributed by atoms with van der Waals surface area (Å²) in [5.41, 5.74) is 0.869. The Morgan fingerprint density at radius 2 is 1.87 bits per heavy atom. The molecule has 0 bridgehead atoms. The number of unbranched alkanes of at least 4 members (excludes halogenated alkanes) is 3. The van der Waals surface area contributed by atoms with Crippen LogP contribution >= 0.6 is 0 Å². The van der Waals surface area contributed by atoms with Gasteiger partial charge in [0.15, 0.2) is 5.82 Å². The Morgan fingerprint density at radius 3 is 2.57 bits per heavy atom. The van der Waals surface area contributed by atoms with E-state index in [-0.39, 0.29) is 11.9 Å². The Bertz CT molecular complexity index is 608. The molecule has 1 heterocycles. The van der Waals surface area contributed by atoms with Gasteiger partial charge in [-0.25, -0.2) is 0 Å². The molecule has 0 aliphatic rings. The summed E-state index contributed by atoms with van der Waals surface area (Å²) in [6.07, 6.45) is 5.61. The maximum Gasteiger partial charge on any atom is 0.336 e. The van der Waals surface area contributed by atoms with E-state index < -0.39 is 0 Å². The molecule has 0 atom stereocenters. The van der Waals surface area contributed by atoms with Crippen LogP contribution < -0.4 is 4.74 Å². The number of ether oxygens (including phenoxy) is 1. The lowest BCUT2D eigenvalue weighted by atomic mass is 10.1. The molecule has 124 valence electrons. The molecule has 0 aliphatic heterocycles. The molecule has 0 fully saturated rings. The Labute approximate surface area is 137 Å². The summed E-state index contributed by atoms with van der Waals surface area (Å²) >= 11 is 0. The highest BCUT2D eigenvalue weighted by Crippen LogP contribution is 2.20. The van der Waals surface area contributed by atoms with Crippen LogP contribution in [0.15, 0.2) is 30.3 Å². The van der Waals surface area contributed by atoms with Crippen molar-refractivity contribution in [2.24, 2.45) is 0 Å². The van der Waals surface area contributed by atoms with Crippen LogP contribution in [-0.4, -0.2) is 27.3 Å². The Balaban J connectivity index is 2.18. The molecule has 0 amide bonds. The van der Waals surface area contributed by atoms with Crippen LogP contribution in [0.25, 0.3) is 11.4 Å². The lowest BCUT2D eigenvalue weighted by Crippen LogP contribution is -2.14. The topological polar surface area (TPSA) is 57.0 Å². The summed E-state index contributed by atoms with van der Waals surface area (Å²) in [4.78, 5) is 16.9. The summed E-state index contributed by atoms with van der Waals surface area (Å²) in [5, 5.41) is 4.26. The molecule has 0 spiro atoms. The Hall–Kier alpha value is -2.17. The maximum absolute atomic E-state index is 12.5. The lowest BCUT2D eigenvalue weighted by Gasteiger charge is -2.04. The van der Waals surface area contributed by atoms with Crippen LogP contribution in [0.1, 0.15) is 57.2 Å². The highest BCUT2D eigenvalue weighted by Gasteiger charge is 2.18. The van der Waals surface area contributed by atoms with Crippen LogP contribution in [0.3, 0.4) is 0 Å². The molecular formula is C18H25N3O2. The van der Waals surface area contributed by atoms with Gasteiger partial charge < -0.3 is 4.74 Å². The summed E-state index contributed by atoms with van der Waals surface area (Å²) in [7, 11) is 0. The first-order valence-corrected chi connectivity index (χ1v) is 8.44. The first-order chi connectivity index (χ1) is 11.3. The predicted molar refractivity (Wildman–Crippen MR) is 90.6 cm³/mol. The highest BCUT2D eigenvalue weighted by molar-refractivity contribution is 5.82. The SMILES string of the molecule is CCCCCCC(=O)n1nc(OCCC)nc1-c1ccccc1. The smallest absolute Gasteiger partial charge is 0.336 e. The summed E-state index contributed by atoms with van der Waals surface area (Å²) in [6, 6.07) is 9.90.